The number of thioether (sulfide) groups is 1. The second-order valence-corrected chi connectivity index (χ2v) is 6.57. The summed E-state index contributed by atoms with van der Waals surface area (Å²) in [6.45, 7) is 5.12. The topological polar surface area (TPSA) is 38.3 Å². The third kappa shape index (κ3) is 13.6. The Morgan fingerprint density at radius 2 is 1.89 bits per heavy atom. The molecule has 108 valence electrons. The van der Waals surface area contributed by atoms with E-state index in [0.717, 1.165) is 0 Å². The van der Waals surface area contributed by atoms with Crippen LogP contribution < -0.4 is 5.32 Å². The minimum Gasteiger partial charge on any atom is -0.372 e. The molecule has 0 saturated heterocycles. The maximum Gasteiger partial charge on any atom is 0.411 e. The number of halogens is 3. The summed E-state index contributed by atoms with van der Waals surface area (Å²) in [6, 6.07) is 0. The number of hydrogen-bond donors (Lipinski definition) is 1. The highest BCUT2D eigenvalue weighted by atomic mass is 32.2. The van der Waals surface area contributed by atoms with Crippen LogP contribution in [0.5, 0.6) is 0 Å². The zero-order valence-corrected chi connectivity index (χ0v) is 11.7. The van der Waals surface area contributed by atoms with Crippen molar-refractivity contribution in [2.24, 2.45) is 0 Å². The summed E-state index contributed by atoms with van der Waals surface area (Å²) in [5.41, 5.74) is 0. The predicted octanol–water partition coefficient (Wildman–Crippen LogP) is 2.60. The average molecular weight is 287 g/mol. The summed E-state index contributed by atoms with van der Waals surface area (Å²) in [6.07, 6.45) is -3.91. The molecule has 3 nitrogen and oxygen atoms in total. The molecule has 0 aliphatic heterocycles. The van der Waals surface area contributed by atoms with E-state index in [9.17, 15) is 18.0 Å². The van der Waals surface area contributed by atoms with Gasteiger partial charge in [0.1, 0.15) is 6.61 Å². The SMILES string of the molecule is CC(C)(C)SCC(=O)NCCCOCC(F)(F)F. The van der Waals surface area contributed by atoms with Gasteiger partial charge >= 0.3 is 6.18 Å². The fraction of sp³-hybridized carbons (Fsp3) is 0.909. The lowest BCUT2D eigenvalue weighted by Gasteiger charge is -2.16. The summed E-state index contributed by atoms with van der Waals surface area (Å²) < 4.78 is 39.6. The first kappa shape index (κ1) is 17.6. The van der Waals surface area contributed by atoms with Crippen molar-refractivity contribution in [3.05, 3.63) is 0 Å². The third-order valence-corrected chi connectivity index (χ3v) is 2.96. The number of nitrogens with one attached hydrogen (secondary N) is 1. The van der Waals surface area contributed by atoms with Crippen LogP contribution in [-0.2, 0) is 9.53 Å². The zero-order valence-electron chi connectivity index (χ0n) is 10.9. The van der Waals surface area contributed by atoms with E-state index >= 15 is 0 Å². The molecule has 0 aromatic heterocycles. The Hall–Kier alpha value is -0.430. The summed E-state index contributed by atoms with van der Waals surface area (Å²) in [5.74, 6) is 0.248. The van der Waals surface area contributed by atoms with Gasteiger partial charge in [-0.2, -0.15) is 13.2 Å². The molecule has 1 amide bonds. The molecule has 0 rings (SSSR count). The van der Waals surface area contributed by atoms with E-state index in [4.69, 9.17) is 0 Å². The standard InChI is InChI=1S/C11H20F3NO2S/c1-10(2,3)18-7-9(16)15-5-4-6-17-8-11(12,13)14/h4-8H2,1-3H3,(H,15,16). The first-order valence-electron chi connectivity index (χ1n) is 5.65. The van der Waals surface area contributed by atoms with Crippen molar-refractivity contribution in [3.63, 3.8) is 0 Å². The van der Waals surface area contributed by atoms with Gasteiger partial charge in [-0.05, 0) is 6.42 Å². The van der Waals surface area contributed by atoms with Crippen LogP contribution in [0.15, 0.2) is 0 Å². The van der Waals surface area contributed by atoms with Gasteiger partial charge in [-0.15, -0.1) is 11.8 Å². The van der Waals surface area contributed by atoms with E-state index in [2.05, 4.69) is 10.1 Å². The lowest BCUT2D eigenvalue weighted by atomic mass is 10.3. The van der Waals surface area contributed by atoms with E-state index in [1.54, 1.807) is 0 Å². The smallest absolute Gasteiger partial charge is 0.372 e. The van der Waals surface area contributed by atoms with Crippen LogP contribution in [0, 0.1) is 0 Å². The van der Waals surface area contributed by atoms with Crippen LogP contribution in [0.25, 0.3) is 0 Å². The molecular formula is C11H20F3NO2S. The molecule has 0 bridgehead atoms. The number of rotatable bonds is 7. The maximum atomic E-state index is 11.7. The quantitative estimate of drug-likeness (QED) is 0.731. The van der Waals surface area contributed by atoms with Crippen LogP contribution in [0.1, 0.15) is 27.2 Å². The Bertz CT molecular complexity index is 252. The van der Waals surface area contributed by atoms with Crippen LogP contribution >= 0.6 is 11.8 Å². The first-order chi connectivity index (χ1) is 8.10. The second kappa shape index (κ2) is 7.89. The molecule has 0 atom stereocenters. The molecule has 0 aliphatic rings. The van der Waals surface area contributed by atoms with Gasteiger partial charge in [-0.25, -0.2) is 0 Å². The van der Waals surface area contributed by atoms with Crippen LogP contribution in [0.2, 0.25) is 0 Å². The second-order valence-electron chi connectivity index (χ2n) is 4.77. The number of carbonyl (C=O) groups is 1. The van der Waals surface area contributed by atoms with E-state index < -0.39 is 12.8 Å². The molecule has 0 fully saturated rings. The third-order valence-electron chi connectivity index (χ3n) is 1.69. The molecule has 1 N–H and O–H groups in total. The lowest BCUT2D eigenvalue weighted by Crippen LogP contribution is -2.28. The molecule has 7 heteroatoms. The molecule has 0 heterocycles. The van der Waals surface area contributed by atoms with Crippen molar-refractivity contribution in [2.45, 2.75) is 38.1 Å². The van der Waals surface area contributed by atoms with E-state index in [-0.39, 0.29) is 17.3 Å². The Balaban J connectivity index is 3.42. The minimum absolute atomic E-state index is 0.00773. The molecule has 0 unspecified atom stereocenters. The Morgan fingerprint density at radius 1 is 1.28 bits per heavy atom. The van der Waals surface area contributed by atoms with Gasteiger partial charge < -0.3 is 10.1 Å². The largest absolute Gasteiger partial charge is 0.411 e. The molecule has 0 aliphatic carbocycles. The molecule has 0 radical (unpaired) electrons. The monoisotopic (exact) mass is 287 g/mol. The highest BCUT2D eigenvalue weighted by Gasteiger charge is 2.27. The van der Waals surface area contributed by atoms with Gasteiger partial charge in [-0.3, -0.25) is 4.79 Å². The molecular weight excluding hydrogens is 267 g/mol. The summed E-state index contributed by atoms with van der Waals surface area (Å²) in [4.78, 5) is 11.3. The normalized spacial score (nSPS) is 12.6. The molecule has 0 aromatic rings. The maximum absolute atomic E-state index is 11.7. The van der Waals surface area contributed by atoms with E-state index in [1.165, 1.54) is 11.8 Å². The highest BCUT2D eigenvalue weighted by Crippen LogP contribution is 2.22. The molecule has 0 aromatic carbocycles. The number of amides is 1. The van der Waals surface area contributed by atoms with Crippen molar-refractivity contribution in [1.82, 2.24) is 5.32 Å². The van der Waals surface area contributed by atoms with E-state index in [1.807, 2.05) is 20.8 Å². The fourth-order valence-corrected chi connectivity index (χ4v) is 1.59. The van der Waals surface area contributed by atoms with Gasteiger partial charge in [-0.1, -0.05) is 20.8 Å². The molecule has 0 saturated carbocycles. The van der Waals surface area contributed by atoms with Gasteiger partial charge in [0.2, 0.25) is 5.91 Å². The van der Waals surface area contributed by atoms with Crippen LogP contribution in [-0.4, -0.2) is 42.3 Å². The number of carbonyl (C=O) groups excluding carboxylic acids is 1. The number of alkyl halides is 3. The summed E-state index contributed by atoms with van der Waals surface area (Å²) in [7, 11) is 0. The van der Waals surface area contributed by atoms with Crippen molar-refractivity contribution in [1.29, 1.82) is 0 Å². The highest BCUT2D eigenvalue weighted by molar-refractivity contribution is 8.01. The van der Waals surface area contributed by atoms with Crippen LogP contribution in [0.3, 0.4) is 0 Å². The van der Waals surface area contributed by atoms with Gasteiger partial charge in [0.05, 0.1) is 5.75 Å². The Labute approximate surface area is 110 Å². The number of ether oxygens (including phenoxy) is 1. The fourth-order valence-electron chi connectivity index (χ4n) is 0.923. The van der Waals surface area contributed by atoms with Crippen LogP contribution in [0.4, 0.5) is 13.2 Å². The Morgan fingerprint density at radius 3 is 2.39 bits per heavy atom. The van der Waals surface area contributed by atoms with Crippen molar-refractivity contribution in [3.8, 4) is 0 Å². The van der Waals surface area contributed by atoms with Gasteiger partial charge in [0.15, 0.2) is 0 Å². The van der Waals surface area contributed by atoms with Crippen molar-refractivity contribution < 1.29 is 22.7 Å². The lowest BCUT2D eigenvalue weighted by molar-refractivity contribution is -0.174. The minimum atomic E-state index is -4.29. The predicted molar refractivity (Wildman–Crippen MR) is 66.7 cm³/mol. The summed E-state index contributed by atoms with van der Waals surface area (Å²) >= 11 is 1.52. The molecule has 18 heavy (non-hydrogen) atoms. The van der Waals surface area contributed by atoms with Gasteiger partial charge in [0, 0.05) is 17.9 Å². The first-order valence-corrected chi connectivity index (χ1v) is 6.64. The zero-order chi connectivity index (χ0) is 14.2. The Kier molecular flexibility index (Phi) is 7.70. The van der Waals surface area contributed by atoms with Crippen molar-refractivity contribution >= 4 is 17.7 Å². The molecule has 0 spiro atoms. The average Bonchev–Trinajstić information content (AvgIpc) is 2.17. The van der Waals surface area contributed by atoms with E-state index in [0.29, 0.717) is 18.7 Å². The van der Waals surface area contributed by atoms with Crippen molar-refractivity contribution in [2.75, 3.05) is 25.5 Å². The number of hydrogen-bond acceptors (Lipinski definition) is 3. The summed E-state index contributed by atoms with van der Waals surface area (Å²) in [5, 5.41) is 2.63. The van der Waals surface area contributed by atoms with Gasteiger partial charge in [0.25, 0.3) is 0 Å².